The highest BCUT2D eigenvalue weighted by atomic mass is 16.8. The maximum Gasteiger partial charge on any atom is 0.187 e. The molecule has 20 N–H and O–H groups in total. The second-order valence-corrected chi connectivity index (χ2v) is 31.4. The molecule has 97 heavy (non-hydrogen) atoms. The Hall–Kier alpha value is -1.50. The third-order valence-corrected chi connectivity index (χ3v) is 25.0. The summed E-state index contributed by atoms with van der Waals surface area (Å²) in [6.45, 7) is 12.8. The molecule has 0 radical (unpaired) electrons. The lowest BCUT2D eigenvalue weighted by Gasteiger charge is -2.67. The smallest absolute Gasteiger partial charge is 0.187 e. The van der Waals surface area contributed by atoms with Crippen LogP contribution in [0.15, 0.2) is 11.6 Å². The predicted octanol–water partition coefficient (Wildman–Crippen LogP) is -5.25. The molecule has 0 spiro atoms. The van der Waals surface area contributed by atoms with E-state index in [2.05, 4.69) is 33.8 Å². The highest BCUT2D eigenvalue weighted by Gasteiger charge is 2.71. The van der Waals surface area contributed by atoms with Gasteiger partial charge in [0.2, 0.25) is 0 Å². The van der Waals surface area contributed by atoms with Gasteiger partial charge in [0, 0.05) is 17.3 Å². The van der Waals surface area contributed by atoms with Crippen LogP contribution in [0.1, 0.15) is 120 Å². The van der Waals surface area contributed by atoms with Gasteiger partial charge >= 0.3 is 0 Å². The van der Waals surface area contributed by atoms with E-state index in [1.165, 1.54) is 13.8 Å². The minimum Gasteiger partial charge on any atom is -0.394 e. The molecule has 6 heterocycles. The molecular formula is C66H112O31. The Kier molecular flexibility index (Phi) is 24.6. The van der Waals surface area contributed by atoms with E-state index in [4.69, 9.17) is 52.1 Å². The predicted molar refractivity (Wildman–Crippen MR) is 329 cm³/mol. The maximum absolute atomic E-state index is 13.0. The third kappa shape index (κ3) is 14.6. The van der Waals surface area contributed by atoms with Crippen molar-refractivity contribution < 1.29 is 154 Å². The quantitative estimate of drug-likeness (QED) is 0.0450. The van der Waals surface area contributed by atoms with Gasteiger partial charge in [-0.2, -0.15) is 0 Å². The normalized spacial score (nSPS) is 51.8. The van der Waals surface area contributed by atoms with E-state index >= 15 is 0 Å². The van der Waals surface area contributed by atoms with E-state index in [1.54, 1.807) is 0 Å². The fraction of sp³-hybridized carbons (Fsp3) is 0.970. The average Bonchev–Trinajstić information content (AvgIpc) is 1.65. The van der Waals surface area contributed by atoms with Gasteiger partial charge in [0.15, 0.2) is 31.5 Å². The summed E-state index contributed by atoms with van der Waals surface area (Å²) in [5, 5.41) is 219. The van der Waals surface area contributed by atoms with Crippen LogP contribution >= 0.6 is 0 Å². The van der Waals surface area contributed by atoms with Gasteiger partial charge in [0.1, 0.15) is 110 Å². The summed E-state index contributed by atoms with van der Waals surface area (Å²) in [4.78, 5) is 0. The Labute approximate surface area is 564 Å². The molecule has 31 heteroatoms. The molecule has 0 aromatic rings. The number of aliphatic hydroxyl groups excluding tert-OH is 19. The summed E-state index contributed by atoms with van der Waals surface area (Å²) in [5.74, 6) is -1.57. The van der Waals surface area contributed by atoms with Crippen LogP contribution in [0.3, 0.4) is 0 Å². The molecule has 0 aromatic carbocycles. The van der Waals surface area contributed by atoms with Crippen molar-refractivity contribution in [3.05, 3.63) is 11.6 Å². The molecule has 31 nitrogen and oxygen atoms in total. The van der Waals surface area contributed by atoms with Crippen LogP contribution in [-0.4, -0.2) is 331 Å². The summed E-state index contributed by atoms with van der Waals surface area (Å²) < 4.78 is 66.6. The van der Waals surface area contributed by atoms with Crippen LogP contribution in [0.5, 0.6) is 0 Å². The molecule has 6 aliphatic heterocycles. The van der Waals surface area contributed by atoms with Gasteiger partial charge < -0.3 is 154 Å². The minimum absolute atomic E-state index is 0.0115. The second-order valence-electron chi connectivity index (χ2n) is 31.4. The first-order chi connectivity index (χ1) is 45.5. The number of hydrogen-bond donors (Lipinski definition) is 20. The number of aliphatic hydroxyl groups is 20. The summed E-state index contributed by atoms with van der Waals surface area (Å²) in [7, 11) is 0. The molecular weight excluding hydrogens is 1290 g/mol. The topological polar surface area (TPSA) is 506 Å². The molecule has 0 aromatic heterocycles. The van der Waals surface area contributed by atoms with Crippen molar-refractivity contribution >= 4 is 0 Å². The van der Waals surface area contributed by atoms with Crippen molar-refractivity contribution in [1.82, 2.24) is 0 Å². The van der Waals surface area contributed by atoms with E-state index in [9.17, 15) is 102 Å². The fourth-order valence-electron chi connectivity index (χ4n) is 18.8. The van der Waals surface area contributed by atoms with Crippen molar-refractivity contribution in [3.63, 3.8) is 0 Å². The molecule has 4 aliphatic carbocycles. The Balaban J connectivity index is 0.848. The number of rotatable bonds is 22. The monoisotopic (exact) mass is 1400 g/mol. The first kappa shape index (κ1) is 78.1. The third-order valence-electron chi connectivity index (χ3n) is 25.0. The van der Waals surface area contributed by atoms with Crippen molar-refractivity contribution in [3.8, 4) is 0 Å². The Morgan fingerprint density at radius 2 is 1.13 bits per heavy atom. The van der Waals surface area contributed by atoms with E-state index < -0.39 is 238 Å². The molecule has 3 saturated carbocycles. The van der Waals surface area contributed by atoms with Crippen LogP contribution < -0.4 is 0 Å². The van der Waals surface area contributed by atoms with Crippen LogP contribution in [0, 0.1) is 51.2 Å². The average molecular weight is 1400 g/mol. The van der Waals surface area contributed by atoms with Crippen molar-refractivity contribution in [1.29, 1.82) is 0 Å². The molecule has 9 fully saturated rings. The summed E-state index contributed by atoms with van der Waals surface area (Å²) in [5.41, 5.74) is -2.73. The van der Waals surface area contributed by atoms with Crippen LogP contribution in [-0.2, 0) is 52.1 Å². The van der Waals surface area contributed by atoms with Crippen LogP contribution in [0.2, 0.25) is 0 Å². The van der Waals surface area contributed by atoms with E-state index in [0.717, 1.165) is 18.4 Å². The zero-order chi connectivity index (χ0) is 71.1. The van der Waals surface area contributed by atoms with Crippen molar-refractivity contribution in [2.24, 2.45) is 51.2 Å². The molecule has 0 amide bonds. The van der Waals surface area contributed by atoms with Gasteiger partial charge in [-0.15, -0.1) is 0 Å². The Morgan fingerprint density at radius 1 is 0.567 bits per heavy atom. The molecule has 10 rings (SSSR count). The van der Waals surface area contributed by atoms with Gasteiger partial charge in [-0.3, -0.25) is 0 Å². The minimum atomic E-state index is -1.92. The second kappa shape index (κ2) is 30.5. The SMILES string of the molecule is C[C@H](CC[C@@H](O[C@@H]1O[C@H](COC2OC[C@@H](O)C[C@H]2O)[C@@H](O)[C@H](O)[C@H]1O[C@H]1O[C@@H](CO)[C@H](O)[C@@H](O)[C@@H]1O)C(C)(C)O)C1CC[C@@]2(C)C3CC=C4C(CC[C@H](O[C@@H]5O[C@H](CCO[C@@H]6O[C@H](CO)[C@@H](O)[C@H](O)[C@H]6O)[C@@H](O)[C@H](O)[C@H]5C5O[C@@H](CO)[C@H](O)[C@@H](O)[C@@H]5O)C4(C)C)[C@]3(C)[C@H](O)C[C@]12C. The first-order valence-electron chi connectivity index (χ1n) is 34.7. The van der Waals surface area contributed by atoms with E-state index in [0.29, 0.717) is 32.1 Å². The molecule has 0 bridgehead atoms. The molecule has 5 unspecified atom stereocenters. The van der Waals surface area contributed by atoms with E-state index in [1.807, 2.05) is 13.8 Å². The fourth-order valence-corrected chi connectivity index (χ4v) is 18.8. The molecule has 562 valence electrons. The molecule has 10 aliphatic rings. The van der Waals surface area contributed by atoms with Crippen molar-refractivity contribution in [2.45, 2.75) is 309 Å². The van der Waals surface area contributed by atoms with Gasteiger partial charge in [-0.05, 0) is 106 Å². The van der Waals surface area contributed by atoms with E-state index in [-0.39, 0.29) is 61.6 Å². The number of allylic oxidation sites excluding steroid dienone is 1. The van der Waals surface area contributed by atoms with Crippen LogP contribution in [0.4, 0.5) is 0 Å². The first-order valence-corrected chi connectivity index (χ1v) is 34.7. The number of ether oxygens (including phenoxy) is 11. The summed E-state index contributed by atoms with van der Waals surface area (Å²) >= 11 is 0. The van der Waals surface area contributed by atoms with Gasteiger partial charge in [-0.25, -0.2) is 0 Å². The lowest BCUT2D eigenvalue weighted by molar-refractivity contribution is -0.378. The Bertz CT molecular complexity index is 2580. The van der Waals surface area contributed by atoms with Gasteiger partial charge in [0.05, 0.1) is 93.9 Å². The van der Waals surface area contributed by atoms with Crippen molar-refractivity contribution in [2.75, 3.05) is 39.6 Å². The van der Waals surface area contributed by atoms with Gasteiger partial charge in [-0.1, -0.05) is 53.2 Å². The standard InChI is InChI=1S/C66H112O31/c1-26(9-13-40(63(4,5)86)96-61-56(97-60-54(85)50(81)45(76)35(23-69)93-60)51(82)46(77)36(94-61)25-89-57-31(71)19-27(70)24-88-57)28-15-17-64(6)37-12-10-29-30(66(37,8)38(72)20-65(28,64)7)11-14-39(62(29,2)3)95-58-41(55-52(83)48(79)43(74)33(21-67)90-55)47(78)42(73)32(91-58)16-18-87-59-53(84)49(80)44(75)34(22-68)92-59/h10,26-28,30-61,67-86H,9,11-25H2,1-8H3/t26-,27+,28?,30?,31-,32-,33+,34-,35+,36-,37?,38-,39+,40-,41+,42-,43+,44-,45+,46-,47-,48-,49+,50-,51+,52+,53-,54+,55?,56-,57?,58+,59-,60-,61+,64+,65-,66+/m1/s1. The van der Waals surface area contributed by atoms with Crippen LogP contribution in [0.25, 0.3) is 0 Å². The summed E-state index contributed by atoms with van der Waals surface area (Å²) in [6.07, 6.45) is -39.2. The maximum atomic E-state index is 13.0. The lowest BCUT2D eigenvalue weighted by Crippen LogP contribution is -2.68. The highest BCUT2D eigenvalue weighted by molar-refractivity contribution is 5.32. The Morgan fingerprint density at radius 3 is 1.75 bits per heavy atom. The largest absolute Gasteiger partial charge is 0.394 e. The highest BCUT2D eigenvalue weighted by Crippen LogP contribution is 2.75. The number of fused-ring (bicyclic) bond motifs is 5. The number of hydrogen-bond acceptors (Lipinski definition) is 31. The zero-order valence-electron chi connectivity index (χ0n) is 56.5. The summed E-state index contributed by atoms with van der Waals surface area (Å²) in [6, 6.07) is 0. The molecule has 6 saturated heterocycles. The van der Waals surface area contributed by atoms with Gasteiger partial charge in [0.25, 0.3) is 0 Å². The lowest BCUT2D eigenvalue weighted by atomic mass is 9.38. The zero-order valence-corrected chi connectivity index (χ0v) is 56.5. The molecule has 38 atom stereocenters.